The fraction of sp³-hybridized carbons (Fsp3) is 0.923. The van der Waals surface area contributed by atoms with Gasteiger partial charge in [0.2, 0.25) is 0 Å². The number of unbranched alkanes of at least 4 members (excludes halogenated alkanes) is 6. The van der Waals surface area contributed by atoms with E-state index in [-0.39, 0.29) is 0 Å². The predicted octanol–water partition coefficient (Wildman–Crippen LogP) is 4.83. The van der Waals surface area contributed by atoms with Gasteiger partial charge in [-0.3, -0.25) is 0 Å². The average molecular weight is 199 g/mol. The normalized spacial score (nSPS) is 11.1. The van der Waals surface area contributed by atoms with Crippen molar-refractivity contribution in [3.05, 3.63) is 6.10 Å². The predicted molar refractivity (Wildman–Crippen MR) is 62.7 cm³/mol. The molecule has 0 heterocycles. The van der Waals surface area contributed by atoms with Crippen LogP contribution >= 0.6 is 0 Å². The van der Waals surface area contributed by atoms with Gasteiger partial charge >= 0.3 is 0 Å². The average Bonchev–Trinajstić information content (AvgIpc) is 2.17. The molecule has 14 heavy (non-hydrogen) atoms. The molecule has 1 heteroatoms. The van der Waals surface area contributed by atoms with E-state index in [9.17, 15) is 5.11 Å². The Morgan fingerprint density at radius 1 is 0.714 bits per heavy atom. The van der Waals surface area contributed by atoms with Crippen LogP contribution in [-0.2, 0) is 0 Å². The molecule has 0 amide bonds. The van der Waals surface area contributed by atoms with Crippen LogP contribution in [-0.4, -0.2) is 5.11 Å². The Balaban J connectivity index is 2.98. The summed E-state index contributed by atoms with van der Waals surface area (Å²) < 4.78 is 0. The van der Waals surface area contributed by atoms with Crippen LogP contribution < -0.4 is 0 Å². The Morgan fingerprint density at radius 2 is 1.29 bits per heavy atom. The molecular weight excluding hydrogens is 172 g/mol. The molecular formula is C13H27O. The summed E-state index contributed by atoms with van der Waals surface area (Å²) in [4.78, 5) is 0. The first-order chi connectivity index (χ1) is 6.81. The van der Waals surface area contributed by atoms with E-state index in [0.29, 0.717) is 6.10 Å². The van der Waals surface area contributed by atoms with Gasteiger partial charge in [0.15, 0.2) is 0 Å². The van der Waals surface area contributed by atoms with Crippen molar-refractivity contribution in [3.8, 4) is 0 Å². The molecule has 0 bridgehead atoms. The summed E-state index contributed by atoms with van der Waals surface area (Å²) in [6, 6.07) is 0. The summed E-state index contributed by atoms with van der Waals surface area (Å²) in [7, 11) is 0. The van der Waals surface area contributed by atoms with Crippen LogP contribution in [0.25, 0.3) is 0 Å². The number of hydrogen-bond acceptors (Lipinski definition) is 1. The summed E-state index contributed by atoms with van der Waals surface area (Å²) in [5, 5.41) is 9.41. The van der Waals surface area contributed by atoms with Gasteiger partial charge in [0.05, 0.1) is 6.10 Å². The van der Waals surface area contributed by atoms with Crippen molar-refractivity contribution in [2.24, 2.45) is 0 Å². The van der Waals surface area contributed by atoms with Crippen LogP contribution in [0, 0.1) is 6.10 Å². The molecule has 0 aromatic heterocycles. The molecule has 0 fully saturated rings. The third-order valence-electron chi connectivity index (χ3n) is 2.61. The van der Waals surface area contributed by atoms with Gasteiger partial charge < -0.3 is 5.11 Å². The molecule has 0 unspecified atom stereocenters. The van der Waals surface area contributed by atoms with Crippen LogP contribution in [0.1, 0.15) is 78.1 Å². The molecule has 1 N–H and O–H groups in total. The van der Waals surface area contributed by atoms with Crippen molar-refractivity contribution < 1.29 is 5.11 Å². The zero-order valence-electron chi connectivity index (χ0n) is 10.0. The van der Waals surface area contributed by atoms with Gasteiger partial charge in [-0.25, -0.2) is 0 Å². The van der Waals surface area contributed by atoms with E-state index in [4.69, 9.17) is 0 Å². The summed E-state index contributed by atoms with van der Waals surface area (Å²) >= 11 is 0. The number of hydrogen-bond donors (Lipinski definition) is 1. The first-order valence-electron chi connectivity index (χ1n) is 6.34. The largest absolute Gasteiger partial charge is 0.387 e. The van der Waals surface area contributed by atoms with E-state index >= 15 is 0 Å². The Kier molecular flexibility index (Phi) is 11.0. The SMILES string of the molecule is CCCCCCCCC[C](O)CCC. The van der Waals surface area contributed by atoms with Gasteiger partial charge in [-0.1, -0.05) is 65.2 Å². The highest BCUT2D eigenvalue weighted by Gasteiger charge is 2.02. The van der Waals surface area contributed by atoms with E-state index in [0.717, 1.165) is 19.3 Å². The lowest BCUT2D eigenvalue weighted by Gasteiger charge is -2.07. The van der Waals surface area contributed by atoms with E-state index in [2.05, 4.69) is 13.8 Å². The molecule has 0 atom stereocenters. The molecule has 0 aromatic carbocycles. The topological polar surface area (TPSA) is 20.2 Å². The molecule has 1 nitrogen and oxygen atoms in total. The monoisotopic (exact) mass is 199 g/mol. The molecule has 85 valence electrons. The fourth-order valence-corrected chi connectivity index (χ4v) is 1.70. The third-order valence-corrected chi connectivity index (χ3v) is 2.61. The Hall–Kier alpha value is -0.0400. The highest BCUT2D eigenvalue weighted by molar-refractivity contribution is 4.73. The number of aliphatic hydroxyl groups is 1. The van der Waals surface area contributed by atoms with Gasteiger partial charge in [-0.2, -0.15) is 0 Å². The van der Waals surface area contributed by atoms with Gasteiger partial charge in [-0.05, 0) is 12.8 Å². The minimum absolute atomic E-state index is 0.709. The Labute approximate surface area is 89.9 Å². The Bertz CT molecular complexity index is 101. The van der Waals surface area contributed by atoms with Gasteiger partial charge in [0.1, 0.15) is 0 Å². The lowest BCUT2D eigenvalue weighted by molar-refractivity contribution is 0.261. The summed E-state index contributed by atoms with van der Waals surface area (Å²) in [5.41, 5.74) is 0. The zero-order chi connectivity index (χ0) is 10.6. The smallest absolute Gasteiger partial charge is 0.0933 e. The molecule has 0 aliphatic rings. The van der Waals surface area contributed by atoms with Crippen LogP contribution in [0.2, 0.25) is 0 Å². The van der Waals surface area contributed by atoms with Crippen molar-refractivity contribution in [1.29, 1.82) is 0 Å². The molecule has 0 saturated carbocycles. The molecule has 0 saturated heterocycles. The molecule has 0 rings (SSSR count). The van der Waals surface area contributed by atoms with Crippen molar-refractivity contribution in [2.45, 2.75) is 78.1 Å². The zero-order valence-corrected chi connectivity index (χ0v) is 10.0. The Morgan fingerprint density at radius 3 is 1.86 bits per heavy atom. The maximum atomic E-state index is 9.41. The van der Waals surface area contributed by atoms with E-state index in [1.54, 1.807) is 0 Å². The first-order valence-corrected chi connectivity index (χ1v) is 6.34. The second-order valence-corrected chi connectivity index (χ2v) is 4.19. The minimum Gasteiger partial charge on any atom is -0.387 e. The molecule has 0 aliphatic carbocycles. The van der Waals surface area contributed by atoms with Crippen LogP contribution in [0.5, 0.6) is 0 Å². The quantitative estimate of drug-likeness (QED) is 0.499. The highest BCUT2D eigenvalue weighted by atomic mass is 16.3. The summed E-state index contributed by atoms with van der Waals surface area (Å²) in [6.45, 7) is 4.36. The van der Waals surface area contributed by atoms with E-state index in [1.165, 1.54) is 44.9 Å². The second-order valence-electron chi connectivity index (χ2n) is 4.19. The number of aliphatic hydroxyl groups excluding tert-OH is 1. The van der Waals surface area contributed by atoms with Crippen molar-refractivity contribution in [3.63, 3.8) is 0 Å². The maximum absolute atomic E-state index is 9.41. The van der Waals surface area contributed by atoms with Crippen LogP contribution in [0.15, 0.2) is 0 Å². The van der Waals surface area contributed by atoms with Crippen molar-refractivity contribution in [1.82, 2.24) is 0 Å². The van der Waals surface area contributed by atoms with Crippen LogP contribution in [0.4, 0.5) is 0 Å². The minimum atomic E-state index is 0.709. The van der Waals surface area contributed by atoms with E-state index in [1.807, 2.05) is 0 Å². The fourth-order valence-electron chi connectivity index (χ4n) is 1.70. The molecule has 1 radical (unpaired) electrons. The van der Waals surface area contributed by atoms with Gasteiger partial charge in [-0.15, -0.1) is 0 Å². The lowest BCUT2D eigenvalue weighted by Crippen LogP contribution is -1.94. The standard InChI is InChI=1S/C13H27O/c1-3-5-6-7-8-9-10-12-13(14)11-4-2/h14H,3-12H2,1-2H3. The lowest BCUT2D eigenvalue weighted by atomic mass is 10.0. The maximum Gasteiger partial charge on any atom is 0.0933 e. The van der Waals surface area contributed by atoms with Crippen molar-refractivity contribution in [2.75, 3.05) is 0 Å². The van der Waals surface area contributed by atoms with Gasteiger partial charge in [0, 0.05) is 0 Å². The summed E-state index contributed by atoms with van der Waals surface area (Å²) in [6.07, 6.45) is 12.9. The first kappa shape index (κ1) is 14.0. The second kappa shape index (κ2) is 11.0. The van der Waals surface area contributed by atoms with Crippen LogP contribution in [0.3, 0.4) is 0 Å². The highest BCUT2D eigenvalue weighted by Crippen LogP contribution is 2.15. The third kappa shape index (κ3) is 10.0. The van der Waals surface area contributed by atoms with Gasteiger partial charge in [0.25, 0.3) is 0 Å². The van der Waals surface area contributed by atoms with Crippen molar-refractivity contribution >= 4 is 0 Å². The molecule has 0 aliphatic heterocycles. The van der Waals surface area contributed by atoms with E-state index < -0.39 is 0 Å². The summed E-state index contributed by atoms with van der Waals surface area (Å²) in [5.74, 6) is 0. The molecule has 0 aromatic rings. The molecule has 0 spiro atoms. The number of rotatable bonds is 10.